The highest BCUT2D eigenvalue weighted by molar-refractivity contribution is 5.83. The second-order valence-electron chi connectivity index (χ2n) is 6.60. The highest BCUT2D eigenvalue weighted by atomic mass is 16.5. The van der Waals surface area contributed by atoms with Gasteiger partial charge in [0.05, 0.1) is 14.2 Å². The van der Waals surface area contributed by atoms with Crippen molar-refractivity contribution in [3.8, 4) is 11.5 Å². The van der Waals surface area contributed by atoms with E-state index in [1.165, 1.54) is 4.90 Å². The molecule has 25 heavy (non-hydrogen) atoms. The number of piperidine rings is 1. The van der Waals surface area contributed by atoms with Crippen LogP contribution in [-0.2, 0) is 16.0 Å². The number of carbonyl (C=O) groups is 2. The zero-order valence-corrected chi connectivity index (χ0v) is 15.2. The van der Waals surface area contributed by atoms with Crippen molar-refractivity contribution >= 4 is 11.9 Å². The smallest absolute Gasteiger partial charge is 0.326 e. The molecule has 1 aromatic carbocycles. The molecule has 1 amide bonds. The number of carboxylic acid groups (broad SMARTS) is 1. The quantitative estimate of drug-likeness (QED) is 0.819. The monoisotopic (exact) mass is 349 g/mol. The third kappa shape index (κ3) is 4.87. The summed E-state index contributed by atoms with van der Waals surface area (Å²) >= 11 is 0. The van der Waals surface area contributed by atoms with Crippen LogP contribution >= 0.6 is 0 Å². The fourth-order valence-electron chi connectivity index (χ4n) is 3.31. The summed E-state index contributed by atoms with van der Waals surface area (Å²) in [6.45, 7) is 2.57. The number of likely N-dealkylation sites (tertiary alicyclic amines) is 1. The van der Waals surface area contributed by atoms with Gasteiger partial charge in [-0.25, -0.2) is 4.79 Å². The summed E-state index contributed by atoms with van der Waals surface area (Å²) in [4.78, 5) is 25.4. The predicted molar refractivity (Wildman–Crippen MR) is 94.0 cm³/mol. The van der Waals surface area contributed by atoms with Crippen molar-refractivity contribution in [1.82, 2.24) is 4.90 Å². The Kier molecular flexibility index (Phi) is 6.67. The minimum Gasteiger partial charge on any atom is -0.497 e. The van der Waals surface area contributed by atoms with Crippen LogP contribution in [0, 0.1) is 5.92 Å². The molecule has 0 saturated carbocycles. The van der Waals surface area contributed by atoms with E-state index in [9.17, 15) is 14.7 Å². The number of hydrogen-bond acceptors (Lipinski definition) is 4. The van der Waals surface area contributed by atoms with Crippen LogP contribution in [0.4, 0.5) is 0 Å². The summed E-state index contributed by atoms with van der Waals surface area (Å²) in [6.07, 6.45) is 3.09. The van der Waals surface area contributed by atoms with Gasteiger partial charge in [-0.05, 0) is 43.2 Å². The fourth-order valence-corrected chi connectivity index (χ4v) is 3.31. The molecule has 1 saturated heterocycles. The van der Waals surface area contributed by atoms with E-state index in [4.69, 9.17) is 9.47 Å². The van der Waals surface area contributed by atoms with Gasteiger partial charge in [-0.1, -0.05) is 13.0 Å². The third-order valence-electron chi connectivity index (χ3n) is 4.80. The average molecular weight is 349 g/mol. The summed E-state index contributed by atoms with van der Waals surface area (Å²) in [5.74, 6) is 0.822. The van der Waals surface area contributed by atoms with Crippen molar-refractivity contribution < 1.29 is 24.2 Å². The number of carboxylic acids is 1. The minimum absolute atomic E-state index is 0.0771. The number of ether oxygens (including phenoxy) is 2. The van der Waals surface area contributed by atoms with E-state index in [1.54, 1.807) is 14.2 Å². The maximum absolute atomic E-state index is 12.5. The SMILES string of the molecule is COc1ccc(CCCC(=O)N2CCC(C)CC2C(=O)O)c(OC)c1. The van der Waals surface area contributed by atoms with Gasteiger partial charge in [0.25, 0.3) is 0 Å². The average Bonchev–Trinajstić information content (AvgIpc) is 2.61. The Labute approximate surface area is 148 Å². The molecule has 138 valence electrons. The summed E-state index contributed by atoms with van der Waals surface area (Å²) in [5, 5.41) is 9.37. The molecular weight excluding hydrogens is 322 g/mol. The zero-order valence-electron chi connectivity index (χ0n) is 15.2. The summed E-state index contributed by atoms with van der Waals surface area (Å²) in [6, 6.07) is 4.94. The molecule has 1 aliphatic rings. The Hall–Kier alpha value is -2.24. The van der Waals surface area contributed by atoms with E-state index in [0.29, 0.717) is 38.1 Å². The lowest BCUT2D eigenvalue weighted by Gasteiger charge is -2.36. The number of hydrogen-bond donors (Lipinski definition) is 1. The molecule has 1 heterocycles. The molecule has 0 aromatic heterocycles. The third-order valence-corrected chi connectivity index (χ3v) is 4.80. The number of carbonyl (C=O) groups excluding carboxylic acids is 1. The van der Waals surface area contributed by atoms with Crippen molar-refractivity contribution in [1.29, 1.82) is 0 Å². The second kappa shape index (κ2) is 8.74. The molecule has 1 aliphatic heterocycles. The second-order valence-corrected chi connectivity index (χ2v) is 6.60. The Balaban J connectivity index is 1.92. The van der Waals surface area contributed by atoms with Crippen LogP contribution in [0.15, 0.2) is 18.2 Å². The van der Waals surface area contributed by atoms with Gasteiger partial charge >= 0.3 is 5.97 Å². The minimum atomic E-state index is -0.906. The number of amides is 1. The normalized spacial score (nSPS) is 20.2. The standard InChI is InChI=1S/C19H27NO5/c1-13-9-10-20(16(11-13)19(22)23)18(21)6-4-5-14-7-8-15(24-2)12-17(14)25-3/h7-8,12-13,16H,4-6,9-11H2,1-3H3,(H,22,23). The van der Waals surface area contributed by atoms with Crippen molar-refractivity contribution in [2.45, 2.75) is 45.1 Å². The van der Waals surface area contributed by atoms with Crippen molar-refractivity contribution in [2.75, 3.05) is 20.8 Å². The van der Waals surface area contributed by atoms with Crippen LogP contribution in [0.2, 0.25) is 0 Å². The molecule has 1 fully saturated rings. The lowest BCUT2D eigenvalue weighted by molar-refractivity contribution is -0.153. The van der Waals surface area contributed by atoms with Crippen LogP contribution in [-0.4, -0.2) is 48.7 Å². The van der Waals surface area contributed by atoms with Crippen LogP contribution < -0.4 is 9.47 Å². The largest absolute Gasteiger partial charge is 0.497 e. The van der Waals surface area contributed by atoms with Gasteiger partial charge in [0.15, 0.2) is 0 Å². The Morgan fingerprint density at radius 2 is 2.04 bits per heavy atom. The number of benzene rings is 1. The van der Waals surface area contributed by atoms with E-state index in [2.05, 4.69) is 0 Å². The molecule has 0 spiro atoms. The number of nitrogens with zero attached hydrogens (tertiary/aromatic N) is 1. The van der Waals surface area contributed by atoms with E-state index >= 15 is 0 Å². The molecule has 6 nitrogen and oxygen atoms in total. The van der Waals surface area contributed by atoms with Crippen molar-refractivity contribution in [3.63, 3.8) is 0 Å². The van der Waals surface area contributed by atoms with Crippen LogP contribution in [0.25, 0.3) is 0 Å². The molecule has 2 rings (SSSR count). The lowest BCUT2D eigenvalue weighted by Crippen LogP contribution is -2.49. The van der Waals surface area contributed by atoms with E-state index < -0.39 is 12.0 Å². The molecule has 2 unspecified atom stereocenters. The first-order valence-corrected chi connectivity index (χ1v) is 8.69. The Morgan fingerprint density at radius 1 is 1.28 bits per heavy atom. The molecule has 0 bridgehead atoms. The zero-order chi connectivity index (χ0) is 18.4. The summed E-state index contributed by atoms with van der Waals surface area (Å²) in [5.41, 5.74) is 1.01. The van der Waals surface area contributed by atoms with Gasteiger partial charge in [0, 0.05) is 19.0 Å². The van der Waals surface area contributed by atoms with Gasteiger partial charge in [-0.2, -0.15) is 0 Å². The molecule has 0 radical (unpaired) electrons. The van der Waals surface area contributed by atoms with Crippen molar-refractivity contribution in [3.05, 3.63) is 23.8 Å². The summed E-state index contributed by atoms with van der Waals surface area (Å²) in [7, 11) is 3.21. The van der Waals surface area contributed by atoms with Gasteiger partial charge in [-0.15, -0.1) is 0 Å². The van der Waals surface area contributed by atoms with Crippen LogP contribution in [0.5, 0.6) is 11.5 Å². The van der Waals surface area contributed by atoms with E-state index in [1.807, 2.05) is 25.1 Å². The van der Waals surface area contributed by atoms with Crippen LogP contribution in [0.1, 0.15) is 38.2 Å². The topological polar surface area (TPSA) is 76.1 Å². The highest BCUT2D eigenvalue weighted by Crippen LogP contribution is 2.27. The van der Waals surface area contributed by atoms with Gasteiger partial charge in [-0.3, -0.25) is 4.79 Å². The molecular formula is C19H27NO5. The predicted octanol–water partition coefficient (Wildman–Crippen LogP) is 2.74. The Bertz CT molecular complexity index is 616. The van der Waals surface area contributed by atoms with E-state index in [0.717, 1.165) is 23.5 Å². The number of aryl methyl sites for hydroxylation is 1. The molecule has 1 aromatic rings. The lowest BCUT2D eigenvalue weighted by atomic mass is 9.92. The molecule has 2 atom stereocenters. The fraction of sp³-hybridized carbons (Fsp3) is 0.579. The number of methoxy groups -OCH3 is 2. The van der Waals surface area contributed by atoms with Gasteiger partial charge in [0.1, 0.15) is 17.5 Å². The summed E-state index contributed by atoms with van der Waals surface area (Å²) < 4.78 is 10.5. The first-order valence-electron chi connectivity index (χ1n) is 8.69. The first kappa shape index (κ1) is 19.1. The van der Waals surface area contributed by atoms with Crippen molar-refractivity contribution in [2.24, 2.45) is 5.92 Å². The van der Waals surface area contributed by atoms with E-state index in [-0.39, 0.29) is 5.91 Å². The number of rotatable bonds is 7. The first-order chi connectivity index (χ1) is 12.0. The maximum Gasteiger partial charge on any atom is 0.326 e. The Morgan fingerprint density at radius 3 is 2.68 bits per heavy atom. The molecule has 6 heteroatoms. The highest BCUT2D eigenvalue weighted by Gasteiger charge is 2.34. The van der Waals surface area contributed by atoms with Gasteiger partial charge < -0.3 is 19.5 Å². The van der Waals surface area contributed by atoms with Gasteiger partial charge in [0.2, 0.25) is 5.91 Å². The molecule has 1 N–H and O–H groups in total. The van der Waals surface area contributed by atoms with Crippen LogP contribution in [0.3, 0.4) is 0 Å². The molecule has 0 aliphatic carbocycles. The maximum atomic E-state index is 12.5. The number of aliphatic carboxylic acids is 1.